The lowest BCUT2D eigenvalue weighted by Gasteiger charge is -2.35. The van der Waals surface area contributed by atoms with Crippen molar-refractivity contribution in [2.24, 2.45) is 0 Å². The van der Waals surface area contributed by atoms with E-state index in [2.05, 4.69) is 0 Å². The zero-order chi connectivity index (χ0) is 14.5. The summed E-state index contributed by atoms with van der Waals surface area (Å²) in [6.45, 7) is 5.43. The third kappa shape index (κ3) is 1.78. The van der Waals surface area contributed by atoms with E-state index < -0.39 is 5.60 Å². The predicted octanol–water partition coefficient (Wildman–Crippen LogP) is 3.89. The van der Waals surface area contributed by atoms with E-state index >= 15 is 0 Å². The second-order valence-electron chi connectivity index (χ2n) is 5.58. The normalized spacial score (nSPS) is 14.9. The summed E-state index contributed by atoms with van der Waals surface area (Å²) in [7, 11) is 0. The van der Waals surface area contributed by atoms with Crippen LogP contribution in [0.2, 0.25) is 0 Å². The van der Waals surface area contributed by atoms with Crippen molar-refractivity contribution in [3.05, 3.63) is 47.5 Å². The number of phenolic OH excluding ortho intramolecular Hbond substituents is 1. The van der Waals surface area contributed by atoms with Gasteiger partial charge in [0, 0.05) is 17.2 Å². The molecule has 0 aliphatic carbocycles. The Balaban J connectivity index is 2.31. The molecule has 0 bridgehead atoms. The average molecular weight is 268 g/mol. The first kappa shape index (κ1) is 12.7. The third-order valence-corrected chi connectivity index (χ3v) is 3.71. The number of rotatable bonds is 1. The maximum absolute atomic E-state index is 11.6. The number of Topliss-reactive ketones (excluding diaryl/α,β-unsaturated/α-hetero) is 1. The summed E-state index contributed by atoms with van der Waals surface area (Å²) >= 11 is 0. The summed E-state index contributed by atoms with van der Waals surface area (Å²) in [6, 6.07) is 11.2. The second kappa shape index (κ2) is 4.10. The Morgan fingerprint density at radius 2 is 1.85 bits per heavy atom. The van der Waals surface area contributed by atoms with Crippen molar-refractivity contribution in [3.8, 4) is 22.6 Å². The van der Waals surface area contributed by atoms with E-state index in [0.717, 1.165) is 16.7 Å². The molecule has 2 aromatic carbocycles. The largest absolute Gasteiger partial charge is 0.507 e. The van der Waals surface area contributed by atoms with Crippen molar-refractivity contribution in [2.45, 2.75) is 26.4 Å². The van der Waals surface area contributed by atoms with E-state index in [9.17, 15) is 9.90 Å². The Hall–Kier alpha value is -2.29. The molecule has 1 N–H and O–H groups in total. The molecule has 0 aromatic heterocycles. The van der Waals surface area contributed by atoms with Crippen LogP contribution in [0.15, 0.2) is 36.4 Å². The number of aromatic hydroxyl groups is 1. The molecule has 102 valence electrons. The van der Waals surface area contributed by atoms with E-state index in [1.54, 1.807) is 6.07 Å². The van der Waals surface area contributed by atoms with Crippen molar-refractivity contribution >= 4 is 5.78 Å². The summed E-state index contributed by atoms with van der Waals surface area (Å²) < 4.78 is 5.99. The molecule has 3 rings (SSSR count). The molecule has 20 heavy (non-hydrogen) atoms. The molecule has 0 unspecified atom stereocenters. The number of benzene rings is 2. The summed E-state index contributed by atoms with van der Waals surface area (Å²) in [4.78, 5) is 11.6. The van der Waals surface area contributed by atoms with Gasteiger partial charge in [0.25, 0.3) is 0 Å². The van der Waals surface area contributed by atoms with Gasteiger partial charge in [0.2, 0.25) is 0 Å². The van der Waals surface area contributed by atoms with Crippen LogP contribution < -0.4 is 4.74 Å². The molecule has 0 spiro atoms. The highest BCUT2D eigenvalue weighted by molar-refractivity contribution is 5.99. The van der Waals surface area contributed by atoms with Gasteiger partial charge < -0.3 is 9.84 Å². The van der Waals surface area contributed by atoms with E-state index in [1.807, 2.05) is 38.1 Å². The van der Waals surface area contributed by atoms with Gasteiger partial charge in [-0.2, -0.15) is 0 Å². The van der Waals surface area contributed by atoms with Gasteiger partial charge >= 0.3 is 0 Å². The fraction of sp³-hybridized carbons (Fsp3) is 0.235. The molecule has 3 heteroatoms. The average Bonchev–Trinajstić information content (AvgIpc) is 2.37. The number of hydrogen-bond acceptors (Lipinski definition) is 3. The highest BCUT2D eigenvalue weighted by Crippen LogP contribution is 2.47. The number of ether oxygens (including phenoxy) is 1. The van der Waals surface area contributed by atoms with Crippen molar-refractivity contribution < 1.29 is 14.6 Å². The monoisotopic (exact) mass is 268 g/mol. The van der Waals surface area contributed by atoms with Gasteiger partial charge in [0.15, 0.2) is 5.78 Å². The van der Waals surface area contributed by atoms with Gasteiger partial charge in [0.05, 0.1) is 5.56 Å². The first-order valence-corrected chi connectivity index (χ1v) is 6.57. The lowest BCUT2D eigenvalue weighted by Crippen LogP contribution is -2.29. The maximum Gasteiger partial charge on any atom is 0.163 e. The Morgan fingerprint density at radius 1 is 1.15 bits per heavy atom. The van der Waals surface area contributed by atoms with Crippen LogP contribution in [0.4, 0.5) is 0 Å². The van der Waals surface area contributed by atoms with Crippen LogP contribution in [0.25, 0.3) is 11.1 Å². The quantitative estimate of drug-likeness (QED) is 0.798. The van der Waals surface area contributed by atoms with Gasteiger partial charge in [0.1, 0.15) is 17.1 Å². The lowest BCUT2D eigenvalue weighted by molar-refractivity contribution is 0.101. The van der Waals surface area contributed by atoms with Crippen LogP contribution in [0.3, 0.4) is 0 Å². The molecule has 0 fully saturated rings. The van der Waals surface area contributed by atoms with Crippen LogP contribution in [0, 0.1) is 0 Å². The van der Waals surface area contributed by atoms with E-state index in [0.29, 0.717) is 11.3 Å². The fourth-order valence-electron chi connectivity index (χ4n) is 2.72. The van der Waals surface area contributed by atoms with Crippen molar-refractivity contribution in [2.75, 3.05) is 0 Å². The predicted molar refractivity (Wildman–Crippen MR) is 77.2 cm³/mol. The standard InChI is InChI=1S/C17H16O3/c1-10(18)12-8-13-11-6-4-5-7-14(11)17(2,3)20-16(13)9-15(12)19/h4-9,19H,1-3H3. The molecule has 0 radical (unpaired) electrons. The number of ketones is 1. The zero-order valence-corrected chi connectivity index (χ0v) is 11.7. The van der Waals surface area contributed by atoms with Crippen molar-refractivity contribution in [1.29, 1.82) is 0 Å². The van der Waals surface area contributed by atoms with E-state index in [1.165, 1.54) is 13.0 Å². The van der Waals surface area contributed by atoms with Crippen LogP contribution in [-0.2, 0) is 5.60 Å². The van der Waals surface area contributed by atoms with Gasteiger partial charge in [-0.05, 0) is 32.4 Å². The zero-order valence-electron chi connectivity index (χ0n) is 11.7. The Morgan fingerprint density at radius 3 is 2.55 bits per heavy atom. The Bertz CT molecular complexity index is 714. The minimum atomic E-state index is -0.465. The summed E-state index contributed by atoms with van der Waals surface area (Å²) in [6.07, 6.45) is 0. The van der Waals surface area contributed by atoms with Crippen LogP contribution in [0.1, 0.15) is 36.7 Å². The molecule has 1 aliphatic heterocycles. The minimum Gasteiger partial charge on any atom is -0.507 e. The van der Waals surface area contributed by atoms with Crippen LogP contribution in [-0.4, -0.2) is 10.9 Å². The highest BCUT2D eigenvalue weighted by Gasteiger charge is 2.33. The van der Waals surface area contributed by atoms with Gasteiger partial charge in [-0.3, -0.25) is 4.79 Å². The van der Waals surface area contributed by atoms with Gasteiger partial charge in [-0.1, -0.05) is 24.3 Å². The van der Waals surface area contributed by atoms with E-state index in [4.69, 9.17) is 4.74 Å². The molecule has 3 nitrogen and oxygen atoms in total. The molecule has 1 aliphatic rings. The Kier molecular flexibility index (Phi) is 2.61. The van der Waals surface area contributed by atoms with Gasteiger partial charge in [-0.15, -0.1) is 0 Å². The lowest BCUT2D eigenvalue weighted by atomic mass is 9.85. The minimum absolute atomic E-state index is 0.0357. The number of carbonyl (C=O) groups is 1. The van der Waals surface area contributed by atoms with Gasteiger partial charge in [-0.25, -0.2) is 0 Å². The number of carbonyl (C=O) groups excluding carboxylic acids is 1. The molecular formula is C17H16O3. The number of phenols is 1. The van der Waals surface area contributed by atoms with Crippen molar-refractivity contribution in [3.63, 3.8) is 0 Å². The van der Waals surface area contributed by atoms with Crippen LogP contribution in [0.5, 0.6) is 11.5 Å². The topological polar surface area (TPSA) is 46.5 Å². The fourth-order valence-corrected chi connectivity index (χ4v) is 2.72. The SMILES string of the molecule is CC(=O)c1cc2c(cc1O)OC(C)(C)c1ccccc1-2. The molecule has 2 aromatic rings. The molecular weight excluding hydrogens is 252 g/mol. The summed E-state index contributed by atoms with van der Waals surface area (Å²) in [5.74, 6) is 0.412. The molecule has 0 amide bonds. The Labute approximate surface area is 117 Å². The van der Waals surface area contributed by atoms with Crippen LogP contribution >= 0.6 is 0 Å². The molecule has 0 atom stereocenters. The number of hydrogen-bond donors (Lipinski definition) is 1. The number of fused-ring (bicyclic) bond motifs is 3. The maximum atomic E-state index is 11.6. The molecule has 1 heterocycles. The second-order valence-corrected chi connectivity index (χ2v) is 5.58. The van der Waals surface area contributed by atoms with E-state index in [-0.39, 0.29) is 11.5 Å². The summed E-state index contributed by atoms with van der Waals surface area (Å²) in [5.41, 5.74) is 2.83. The molecule has 0 saturated carbocycles. The summed E-state index contributed by atoms with van der Waals surface area (Å²) in [5, 5.41) is 9.95. The van der Waals surface area contributed by atoms with Crippen molar-refractivity contribution in [1.82, 2.24) is 0 Å². The smallest absolute Gasteiger partial charge is 0.163 e. The molecule has 0 saturated heterocycles. The highest BCUT2D eigenvalue weighted by atomic mass is 16.5. The first-order chi connectivity index (χ1) is 9.40. The third-order valence-electron chi connectivity index (χ3n) is 3.71. The first-order valence-electron chi connectivity index (χ1n) is 6.57.